The zero-order chi connectivity index (χ0) is 24.4. The molecule has 14 nitrogen and oxygen atoms in total. The van der Waals surface area contributed by atoms with Gasteiger partial charge in [-0.05, 0) is 31.4 Å². The second kappa shape index (κ2) is 13.6. The zero-order valence-corrected chi connectivity index (χ0v) is 18.9. The summed E-state index contributed by atoms with van der Waals surface area (Å²) >= 11 is 0. The number of halogens is 1. The maximum Gasteiger partial charge on any atom is 0.269 e. The first-order valence-electron chi connectivity index (χ1n) is 10.1. The zero-order valence-electron chi connectivity index (χ0n) is 18.1. The maximum absolute atomic E-state index is 12.7. The molecule has 0 aromatic heterocycles. The topological polar surface area (TPSA) is 224 Å². The van der Waals surface area contributed by atoms with E-state index in [1.807, 2.05) is 0 Å². The van der Waals surface area contributed by atoms with Crippen molar-refractivity contribution < 1.29 is 24.1 Å². The number of anilines is 1. The largest absolute Gasteiger partial charge is 0.370 e. The van der Waals surface area contributed by atoms with Gasteiger partial charge < -0.3 is 32.7 Å². The first-order chi connectivity index (χ1) is 15.7. The van der Waals surface area contributed by atoms with E-state index in [4.69, 9.17) is 11.5 Å². The molecule has 0 radical (unpaired) electrons. The van der Waals surface area contributed by atoms with E-state index < -0.39 is 34.7 Å². The van der Waals surface area contributed by atoms with Crippen LogP contribution in [0.25, 0.3) is 0 Å². The number of nitrogens with zero attached hydrogens (tertiary/aromatic N) is 2. The van der Waals surface area contributed by atoms with Crippen molar-refractivity contribution in [3.8, 4) is 0 Å². The Morgan fingerprint density at radius 1 is 1.24 bits per heavy atom. The van der Waals surface area contributed by atoms with Crippen molar-refractivity contribution in [3.63, 3.8) is 0 Å². The Balaban J connectivity index is 0.00000578. The van der Waals surface area contributed by atoms with Crippen LogP contribution in [0.1, 0.15) is 25.7 Å². The first-order valence-corrected chi connectivity index (χ1v) is 10.1. The third-order valence-electron chi connectivity index (χ3n) is 4.68. The number of non-ortho nitro benzene ring substituents is 1. The Kier molecular flexibility index (Phi) is 11.2. The fourth-order valence-corrected chi connectivity index (χ4v) is 3.01. The number of nitro benzene ring substituents is 1. The summed E-state index contributed by atoms with van der Waals surface area (Å²) in [5.74, 6) is -2.00. The lowest BCUT2D eigenvalue weighted by molar-refractivity contribution is -0.384. The Bertz CT molecular complexity index is 935. The number of aliphatic imine (C=N–C) groups is 1. The fraction of sp³-hybridized carbons (Fsp3) is 0.421. The van der Waals surface area contributed by atoms with E-state index in [2.05, 4.69) is 26.3 Å². The van der Waals surface area contributed by atoms with Gasteiger partial charge in [-0.3, -0.25) is 34.3 Å². The smallest absolute Gasteiger partial charge is 0.269 e. The molecule has 1 saturated heterocycles. The van der Waals surface area contributed by atoms with E-state index in [1.54, 1.807) is 0 Å². The molecule has 2 unspecified atom stereocenters. The molecular formula is C19H27ClN8O6. The van der Waals surface area contributed by atoms with E-state index in [0.717, 1.165) is 0 Å². The SMILES string of the molecule is Cl.NC(N)=NCCCC(NC(=O)CNC(=O)C1CCC(=O)N1)C(=O)Nc1ccc([N+](=O)[O-])cc1. The van der Waals surface area contributed by atoms with Gasteiger partial charge in [-0.25, -0.2) is 0 Å². The summed E-state index contributed by atoms with van der Waals surface area (Å²) in [7, 11) is 0. The van der Waals surface area contributed by atoms with E-state index in [0.29, 0.717) is 18.5 Å². The van der Waals surface area contributed by atoms with Crippen molar-refractivity contribution in [2.75, 3.05) is 18.4 Å². The summed E-state index contributed by atoms with van der Waals surface area (Å²) in [6.45, 7) is -0.155. The fourth-order valence-electron chi connectivity index (χ4n) is 3.01. The van der Waals surface area contributed by atoms with Crippen LogP contribution >= 0.6 is 12.4 Å². The highest BCUT2D eigenvalue weighted by Crippen LogP contribution is 2.16. The summed E-state index contributed by atoms with van der Waals surface area (Å²) in [6.07, 6.45) is 1.15. The monoisotopic (exact) mass is 498 g/mol. The summed E-state index contributed by atoms with van der Waals surface area (Å²) in [4.78, 5) is 62.3. The van der Waals surface area contributed by atoms with Crippen LogP contribution in [0.5, 0.6) is 0 Å². The molecule has 8 N–H and O–H groups in total. The van der Waals surface area contributed by atoms with Crippen molar-refractivity contribution in [2.45, 2.75) is 37.8 Å². The lowest BCUT2D eigenvalue weighted by Gasteiger charge is -2.19. The average molecular weight is 499 g/mol. The quantitative estimate of drug-likeness (QED) is 0.0718. The van der Waals surface area contributed by atoms with Gasteiger partial charge in [0.15, 0.2) is 5.96 Å². The normalized spacial score (nSPS) is 15.2. The van der Waals surface area contributed by atoms with E-state index in [-0.39, 0.29) is 55.9 Å². The Labute approximate surface area is 200 Å². The molecule has 0 spiro atoms. The molecule has 34 heavy (non-hydrogen) atoms. The van der Waals surface area contributed by atoms with E-state index in [9.17, 15) is 29.3 Å². The maximum atomic E-state index is 12.7. The molecule has 186 valence electrons. The van der Waals surface area contributed by atoms with Crippen LogP contribution in [-0.4, -0.2) is 59.7 Å². The molecule has 1 aromatic rings. The predicted octanol–water partition coefficient (Wildman–Crippen LogP) is -1.11. The third-order valence-corrected chi connectivity index (χ3v) is 4.68. The number of hydrogen-bond acceptors (Lipinski definition) is 7. The molecule has 0 aliphatic carbocycles. The van der Waals surface area contributed by atoms with Crippen LogP contribution in [0.2, 0.25) is 0 Å². The first kappa shape index (κ1) is 28.1. The van der Waals surface area contributed by atoms with Gasteiger partial charge in [0, 0.05) is 30.8 Å². The molecule has 1 fully saturated rings. The standard InChI is InChI=1S/C19H26N8O6.ClH/c20-19(21)22-9-1-2-13(18(31)24-11-3-5-12(6-4-11)27(32)33)26-16(29)10-23-17(30)14-7-8-15(28)25-14;/h3-6,13-14H,1-2,7-10H2,(H,23,30)(H,24,31)(H,25,28)(H,26,29)(H4,20,21,22);1H. The highest BCUT2D eigenvalue weighted by molar-refractivity contribution is 5.98. The van der Waals surface area contributed by atoms with Crippen LogP contribution in [0, 0.1) is 10.1 Å². The molecule has 0 bridgehead atoms. The van der Waals surface area contributed by atoms with Gasteiger partial charge in [0.05, 0.1) is 11.5 Å². The number of carbonyl (C=O) groups is 4. The van der Waals surface area contributed by atoms with Crippen LogP contribution in [0.15, 0.2) is 29.3 Å². The molecule has 2 atom stereocenters. The third kappa shape index (κ3) is 9.28. The summed E-state index contributed by atoms with van der Waals surface area (Å²) in [5.41, 5.74) is 10.7. The number of carbonyl (C=O) groups excluding carboxylic acids is 4. The minimum atomic E-state index is -0.982. The number of guanidine groups is 1. The van der Waals surface area contributed by atoms with Crippen LogP contribution < -0.4 is 32.7 Å². The Morgan fingerprint density at radius 2 is 1.91 bits per heavy atom. The number of nitro groups is 1. The highest BCUT2D eigenvalue weighted by Gasteiger charge is 2.28. The molecule has 1 aliphatic heterocycles. The Morgan fingerprint density at radius 3 is 2.47 bits per heavy atom. The lowest BCUT2D eigenvalue weighted by Crippen LogP contribution is -2.49. The van der Waals surface area contributed by atoms with Crippen molar-refractivity contribution in [3.05, 3.63) is 34.4 Å². The van der Waals surface area contributed by atoms with E-state index in [1.165, 1.54) is 24.3 Å². The van der Waals surface area contributed by atoms with Crippen LogP contribution in [0.4, 0.5) is 11.4 Å². The number of nitrogens with one attached hydrogen (secondary N) is 4. The number of benzene rings is 1. The second-order valence-corrected chi connectivity index (χ2v) is 7.24. The second-order valence-electron chi connectivity index (χ2n) is 7.24. The molecule has 1 aliphatic rings. The van der Waals surface area contributed by atoms with Gasteiger partial charge >= 0.3 is 0 Å². The molecular weight excluding hydrogens is 472 g/mol. The molecule has 1 aromatic carbocycles. The molecule has 2 rings (SSSR count). The average Bonchev–Trinajstić information content (AvgIpc) is 3.20. The van der Waals surface area contributed by atoms with Gasteiger partial charge in [0.25, 0.3) is 5.69 Å². The van der Waals surface area contributed by atoms with Crippen molar-refractivity contribution in [1.29, 1.82) is 0 Å². The molecule has 0 saturated carbocycles. The summed E-state index contributed by atoms with van der Waals surface area (Å²) in [6, 6.07) is 3.53. The predicted molar refractivity (Wildman–Crippen MR) is 125 cm³/mol. The number of rotatable bonds is 11. The van der Waals surface area contributed by atoms with Gasteiger partial charge in [-0.15, -0.1) is 12.4 Å². The van der Waals surface area contributed by atoms with E-state index >= 15 is 0 Å². The summed E-state index contributed by atoms with van der Waals surface area (Å²) < 4.78 is 0. The van der Waals surface area contributed by atoms with Crippen molar-refractivity contribution in [1.82, 2.24) is 16.0 Å². The van der Waals surface area contributed by atoms with Gasteiger partial charge in [-0.2, -0.15) is 0 Å². The minimum absolute atomic E-state index is 0. The van der Waals surface area contributed by atoms with Crippen molar-refractivity contribution in [2.24, 2.45) is 16.5 Å². The molecule has 4 amide bonds. The highest BCUT2D eigenvalue weighted by atomic mass is 35.5. The van der Waals surface area contributed by atoms with Crippen LogP contribution in [-0.2, 0) is 19.2 Å². The van der Waals surface area contributed by atoms with Crippen molar-refractivity contribution >= 4 is 53.4 Å². The molecule has 1 heterocycles. The molecule has 15 heteroatoms. The van der Waals surface area contributed by atoms with Crippen LogP contribution in [0.3, 0.4) is 0 Å². The Hall–Kier alpha value is -3.94. The number of nitrogens with two attached hydrogens (primary N) is 2. The number of amides is 4. The summed E-state index contributed by atoms with van der Waals surface area (Å²) in [5, 5.41) is 20.8. The van der Waals surface area contributed by atoms with Gasteiger partial charge in [-0.1, -0.05) is 0 Å². The van der Waals surface area contributed by atoms with Gasteiger partial charge in [0.2, 0.25) is 23.6 Å². The van der Waals surface area contributed by atoms with Gasteiger partial charge in [0.1, 0.15) is 12.1 Å². The number of hydrogen-bond donors (Lipinski definition) is 6. The lowest BCUT2D eigenvalue weighted by atomic mass is 10.1. The minimum Gasteiger partial charge on any atom is -0.370 e.